The third kappa shape index (κ3) is 2.01. The second-order valence-electron chi connectivity index (χ2n) is 4.96. The summed E-state index contributed by atoms with van der Waals surface area (Å²) in [5.74, 6) is 1.79. The molecule has 1 aromatic heterocycles. The van der Waals surface area contributed by atoms with Crippen LogP contribution in [0.3, 0.4) is 0 Å². The minimum atomic E-state index is 0.893. The van der Waals surface area contributed by atoms with Gasteiger partial charge in [0.25, 0.3) is 0 Å². The van der Waals surface area contributed by atoms with Crippen LogP contribution in [0.2, 0.25) is 0 Å². The van der Waals surface area contributed by atoms with Crippen molar-refractivity contribution < 1.29 is 0 Å². The van der Waals surface area contributed by atoms with Gasteiger partial charge in [-0.15, -0.1) is 11.3 Å². The number of nitrogens with zero attached hydrogens (tertiary/aromatic N) is 2. The first kappa shape index (κ1) is 10.7. The monoisotopic (exact) mass is 237 g/mol. The smallest absolute Gasteiger partial charge is 0.0926 e. The fourth-order valence-corrected chi connectivity index (χ4v) is 3.63. The Morgan fingerprint density at radius 1 is 1.44 bits per heavy atom. The van der Waals surface area contributed by atoms with E-state index < -0.39 is 0 Å². The molecule has 3 nitrogen and oxygen atoms in total. The van der Waals surface area contributed by atoms with Crippen LogP contribution in [-0.2, 0) is 13.0 Å². The first-order valence-electron chi connectivity index (χ1n) is 6.21. The average molecular weight is 237 g/mol. The van der Waals surface area contributed by atoms with E-state index in [9.17, 15) is 0 Å². The van der Waals surface area contributed by atoms with Crippen molar-refractivity contribution in [1.82, 2.24) is 15.2 Å². The Balaban J connectivity index is 1.59. The second kappa shape index (κ2) is 4.43. The molecule has 2 aliphatic rings. The Hall–Kier alpha value is -0.450. The number of hydrogen-bond donors (Lipinski definition) is 1. The quantitative estimate of drug-likeness (QED) is 0.860. The van der Waals surface area contributed by atoms with Gasteiger partial charge in [0.1, 0.15) is 0 Å². The lowest BCUT2D eigenvalue weighted by Gasteiger charge is -2.15. The van der Waals surface area contributed by atoms with E-state index in [-0.39, 0.29) is 0 Å². The summed E-state index contributed by atoms with van der Waals surface area (Å²) in [5.41, 5.74) is 1.27. The molecule has 0 aliphatic carbocycles. The van der Waals surface area contributed by atoms with Crippen molar-refractivity contribution in [2.24, 2.45) is 11.8 Å². The van der Waals surface area contributed by atoms with Gasteiger partial charge in [0.2, 0.25) is 0 Å². The average Bonchev–Trinajstić information content (AvgIpc) is 2.92. The molecular formula is C12H19N3S. The van der Waals surface area contributed by atoms with Gasteiger partial charge in [-0.25, -0.2) is 4.98 Å². The van der Waals surface area contributed by atoms with Crippen LogP contribution < -0.4 is 5.32 Å². The van der Waals surface area contributed by atoms with Gasteiger partial charge in [-0.2, -0.15) is 0 Å². The number of fused-ring (bicyclic) bond motifs is 1. The molecule has 1 N–H and O–H groups in total. The van der Waals surface area contributed by atoms with Gasteiger partial charge in [-0.3, -0.25) is 4.90 Å². The molecule has 0 aromatic carbocycles. The minimum absolute atomic E-state index is 0.893. The van der Waals surface area contributed by atoms with E-state index in [0.29, 0.717) is 0 Å². The summed E-state index contributed by atoms with van der Waals surface area (Å²) in [6.07, 6.45) is 1.07. The highest BCUT2D eigenvalue weighted by atomic mass is 32.1. The molecule has 2 fully saturated rings. The molecule has 0 spiro atoms. The molecule has 1 aromatic rings. The van der Waals surface area contributed by atoms with E-state index in [1.807, 2.05) is 0 Å². The third-order valence-electron chi connectivity index (χ3n) is 3.75. The van der Waals surface area contributed by atoms with Crippen LogP contribution in [0.15, 0.2) is 5.38 Å². The van der Waals surface area contributed by atoms with Crippen molar-refractivity contribution in [2.45, 2.75) is 19.9 Å². The molecule has 4 heteroatoms. The van der Waals surface area contributed by atoms with Crippen LogP contribution in [0.25, 0.3) is 0 Å². The Labute approximate surface area is 101 Å². The summed E-state index contributed by atoms with van der Waals surface area (Å²) in [6.45, 7) is 8.20. The molecule has 0 amide bonds. The lowest BCUT2D eigenvalue weighted by atomic mass is 10.0. The lowest BCUT2D eigenvalue weighted by Crippen LogP contribution is -2.25. The highest BCUT2D eigenvalue weighted by Gasteiger charge is 2.35. The highest BCUT2D eigenvalue weighted by Crippen LogP contribution is 2.27. The van der Waals surface area contributed by atoms with Crippen LogP contribution in [0, 0.1) is 11.8 Å². The number of aryl methyl sites for hydroxylation is 1. The molecule has 2 aliphatic heterocycles. The molecule has 3 rings (SSSR count). The van der Waals surface area contributed by atoms with E-state index in [2.05, 4.69) is 27.5 Å². The van der Waals surface area contributed by atoms with Crippen LogP contribution >= 0.6 is 11.3 Å². The number of aromatic nitrogens is 1. The SMILES string of the molecule is CCc1nc(CN2CC3CNCC3C2)cs1. The largest absolute Gasteiger partial charge is 0.316 e. The topological polar surface area (TPSA) is 28.2 Å². The molecule has 0 saturated carbocycles. The molecule has 88 valence electrons. The maximum Gasteiger partial charge on any atom is 0.0926 e. The van der Waals surface area contributed by atoms with E-state index in [0.717, 1.165) is 24.8 Å². The molecule has 2 atom stereocenters. The van der Waals surface area contributed by atoms with E-state index >= 15 is 0 Å². The van der Waals surface area contributed by atoms with Crippen molar-refractivity contribution >= 4 is 11.3 Å². The summed E-state index contributed by atoms with van der Waals surface area (Å²) >= 11 is 1.80. The van der Waals surface area contributed by atoms with Gasteiger partial charge in [0, 0.05) is 25.0 Å². The van der Waals surface area contributed by atoms with Gasteiger partial charge in [0.15, 0.2) is 0 Å². The van der Waals surface area contributed by atoms with Crippen molar-refractivity contribution in [1.29, 1.82) is 0 Å². The Bertz CT molecular complexity index is 351. The zero-order valence-electron chi connectivity index (χ0n) is 9.78. The van der Waals surface area contributed by atoms with Crippen molar-refractivity contribution in [3.05, 3.63) is 16.1 Å². The van der Waals surface area contributed by atoms with E-state index in [1.165, 1.54) is 36.9 Å². The number of thiazole rings is 1. The summed E-state index contributed by atoms with van der Waals surface area (Å²) < 4.78 is 0. The highest BCUT2D eigenvalue weighted by molar-refractivity contribution is 7.09. The fraction of sp³-hybridized carbons (Fsp3) is 0.750. The van der Waals surface area contributed by atoms with Gasteiger partial charge in [0.05, 0.1) is 10.7 Å². The second-order valence-corrected chi connectivity index (χ2v) is 5.90. The maximum absolute atomic E-state index is 4.65. The Morgan fingerprint density at radius 3 is 2.81 bits per heavy atom. The normalized spacial score (nSPS) is 29.8. The van der Waals surface area contributed by atoms with E-state index in [4.69, 9.17) is 0 Å². The third-order valence-corrected chi connectivity index (χ3v) is 4.79. The Morgan fingerprint density at radius 2 is 2.19 bits per heavy atom. The number of hydrogen-bond acceptors (Lipinski definition) is 4. The van der Waals surface area contributed by atoms with Gasteiger partial charge >= 0.3 is 0 Å². The fourth-order valence-electron chi connectivity index (χ4n) is 2.89. The predicted molar refractivity (Wildman–Crippen MR) is 66.6 cm³/mol. The van der Waals surface area contributed by atoms with Crippen LogP contribution in [0.4, 0.5) is 0 Å². The first-order chi connectivity index (χ1) is 7.85. The Kier molecular flexibility index (Phi) is 2.96. The number of nitrogens with one attached hydrogen (secondary N) is 1. The summed E-state index contributed by atoms with van der Waals surface area (Å²) in [7, 11) is 0. The van der Waals surface area contributed by atoms with Crippen LogP contribution in [-0.4, -0.2) is 36.1 Å². The van der Waals surface area contributed by atoms with E-state index in [1.54, 1.807) is 11.3 Å². The van der Waals surface area contributed by atoms with Gasteiger partial charge < -0.3 is 5.32 Å². The summed E-state index contributed by atoms with van der Waals surface area (Å²) in [5, 5.41) is 6.98. The molecular weight excluding hydrogens is 218 g/mol. The van der Waals surface area contributed by atoms with Crippen molar-refractivity contribution in [3.63, 3.8) is 0 Å². The molecule has 2 saturated heterocycles. The zero-order chi connectivity index (χ0) is 11.0. The van der Waals surface area contributed by atoms with Crippen LogP contribution in [0.5, 0.6) is 0 Å². The summed E-state index contributed by atoms with van der Waals surface area (Å²) in [4.78, 5) is 7.22. The standard InChI is InChI=1S/C12H19N3S/c1-2-12-14-11(8-16-12)7-15-5-9-3-13-4-10(9)6-15/h8-10,13H,2-7H2,1H3. The molecule has 0 bridgehead atoms. The number of rotatable bonds is 3. The molecule has 3 heterocycles. The lowest BCUT2D eigenvalue weighted by molar-refractivity contribution is 0.302. The predicted octanol–water partition coefficient (Wildman–Crippen LogP) is 1.36. The van der Waals surface area contributed by atoms with Crippen molar-refractivity contribution in [2.75, 3.05) is 26.2 Å². The molecule has 0 radical (unpaired) electrons. The van der Waals surface area contributed by atoms with Gasteiger partial charge in [-0.05, 0) is 31.3 Å². The number of likely N-dealkylation sites (tertiary alicyclic amines) is 1. The maximum atomic E-state index is 4.65. The first-order valence-corrected chi connectivity index (χ1v) is 7.09. The van der Waals surface area contributed by atoms with Crippen molar-refractivity contribution in [3.8, 4) is 0 Å². The van der Waals surface area contributed by atoms with Gasteiger partial charge in [-0.1, -0.05) is 6.92 Å². The zero-order valence-corrected chi connectivity index (χ0v) is 10.6. The molecule has 16 heavy (non-hydrogen) atoms. The van der Waals surface area contributed by atoms with Crippen LogP contribution in [0.1, 0.15) is 17.6 Å². The minimum Gasteiger partial charge on any atom is -0.316 e. The summed E-state index contributed by atoms with van der Waals surface area (Å²) in [6, 6.07) is 0. The molecule has 2 unspecified atom stereocenters.